The molecule has 0 amide bonds. The molecule has 0 bridgehead atoms. The molecule has 4 rings (SSSR count). The number of aromatic nitrogens is 2. The molecular weight excluding hydrogens is 366 g/mol. The summed E-state index contributed by atoms with van der Waals surface area (Å²) in [6.45, 7) is 8.32. The fourth-order valence-corrected chi connectivity index (χ4v) is 4.03. The third kappa shape index (κ3) is 3.71. The van der Waals surface area contributed by atoms with Gasteiger partial charge in [-0.25, -0.2) is 9.97 Å². The van der Waals surface area contributed by atoms with Crippen LogP contribution in [0.3, 0.4) is 0 Å². The molecule has 5 heteroatoms. The van der Waals surface area contributed by atoms with Gasteiger partial charge in [-0.15, -0.1) is 11.3 Å². The van der Waals surface area contributed by atoms with Gasteiger partial charge in [-0.3, -0.25) is 0 Å². The summed E-state index contributed by atoms with van der Waals surface area (Å²) in [5, 5.41) is 6.66. The highest BCUT2D eigenvalue weighted by Crippen LogP contribution is 2.38. The molecule has 2 aromatic carbocycles. The van der Waals surface area contributed by atoms with Crippen LogP contribution in [0.15, 0.2) is 54.2 Å². The van der Waals surface area contributed by atoms with E-state index in [1.165, 1.54) is 16.7 Å². The molecule has 28 heavy (non-hydrogen) atoms. The van der Waals surface area contributed by atoms with Gasteiger partial charge in [0.1, 0.15) is 22.7 Å². The highest BCUT2D eigenvalue weighted by atomic mass is 32.1. The second-order valence-electron chi connectivity index (χ2n) is 7.17. The van der Waals surface area contributed by atoms with Crippen molar-refractivity contribution in [2.24, 2.45) is 0 Å². The summed E-state index contributed by atoms with van der Waals surface area (Å²) in [5.41, 5.74) is 5.89. The van der Waals surface area contributed by atoms with Crippen molar-refractivity contribution in [2.45, 2.75) is 33.8 Å². The monoisotopic (exact) mass is 389 g/mol. The normalized spacial score (nSPS) is 11.2. The average Bonchev–Trinajstić information content (AvgIpc) is 3.10. The summed E-state index contributed by atoms with van der Waals surface area (Å²) in [6, 6.07) is 14.5. The molecule has 0 radical (unpaired) electrons. The molecule has 0 saturated carbocycles. The fraction of sp³-hybridized carbons (Fsp3) is 0.217. The van der Waals surface area contributed by atoms with Crippen LogP contribution in [0.1, 0.15) is 25.0 Å². The Hall–Kier alpha value is -2.92. The lowest BCUT2D eigenvalue weighted by Gasteiger charge is -2.12. The molecule has 4 nitrogen and oxygen atoms in total. The predicted octanol–water partition coefficient (Wildman–Crippen LogP) is 6.51. The second kappa shape index (κ2) is 7.60. The van der Waals surface area contributed by atoms with Gasteiger partial charge in [0.15, 0.2) is 0 Å². The summed E-state index contributed by atoms with van der Waals surface area (Å²) >= 11 is 1.64. The zero-order valence-corrected chi connectivity index (χ0v) is 17.3. The van der Waals surface area contributed by atoms with E-state index in [1.54, 1.807) is 17.7 Å². The molecule has 0 unspecified atom stereocenters. The van der Waals surface area contributed by atoms with Crippen LogP contribution in [0.25, 0.3) is 21.3 Å². The van der Waals surface area contributed by atoms with Crippen LogP contribution in [0.2, 0.25) is 0 Å². The van der Waals surface area contributed by atoms with Gasteiger partial charge in [0, 0.05) is 16.6 Å². The standard InChI is InChI=1S/C23H23N3OS/c1-14(2)27-19-9-7-18(8-10-19)26-22-21-20(12-28-23(21)25-13-24-22)17-6-5-15(3)16(4)11-17/h5-14H,1-4H3,(H,24,25,26). The molecule has 0 spiro atoms. The van der Waals surface area contributed by atoms with Crippen molar-refractivity contribution in [3.05, 3.63) is 65.3 Å². The minimum atomic E-state index is 0.159. The topological polar surface area (TPSA) is 47.0 Å². The van der Waals surface area contributed by atoms with Crippen molar-refractivity contribution in [2.75, 3.05) is 5.32 Å². The number of anilines is 2. The maximum Gasteiger partial charge on any atom is 0.143 e. The van der Waals surface area contributed by atoms with Crippen molar-refractivity contribution in [1.29, 1.82) is 0 Å². The number of ether oxygens (including phenoxy) is 1. The van der Waals surface area contributed by atoms with Crippen molar-refractivity contribution in [3.63, 3.8) is 0 Å². The molecule has 2 heterocycles. The molecule has 0 atom stereocenters. The quantitative estimate of drug-likeness (QED) is 0.423. The number of benzene rings is 2. The number of nitrogens with one attached hydrogen (secondary N) is 1. The first-order valence-electron chi connectivity index (χ1n) is 9.35. The van der Waals surface area contributed by atoms with Crippen LogP contribution < -0.4 is 10.1 Å². The second-order valence-corrected chi connectivity index (χ2v) is 8.02. The van der Waals surface area contributed by atoms with Gasteiger partial charge in [0.2, 0.25) is 0 Å². The minimum absolute atomic E-state index is 0.159. The van der Waals surface area contributed by atoms with Gasteiger partial charge in [-0.05, 0) is 68.7 Å². The Morgan fingerprint density at radius 1 is 0.964 bits per heavy atom. The molecule has 2 aromatic heterocycles. The molecule has 0 saturated heterocycles. The van der Waals surface area contributed by atoms with E-state index in [4.69, 9.17) is 4.74 Å². The number of aryl methyl sites for hydroxylation is 2. The van der Waals surface area contributed by atoms with Crippen LogP contribution in [-0.4, -0.2) is 16.1 Å². The molecule has 0 fully saturated rings. The maximum absolute atomic E-state index is 5.72. The number of nitrogens with zero attached hydrogens (tertiary/aromatic N) is 2. The van der Waals surface area contributed by atoms with E-state index in [-0.39, 0.29) is 6.10 Å². The molecule has 4 aromatic rings. The molecule has 0 aliphatic carbocycles. The zero-order valence-electron chi connectivity index (χ0n) is 16.5. The Morgan fingerprint density at radius 2 is 1.75 bits per heavy atom. The maximum atomic E-state index is 5.72. The van der Waals surface area contributed by atoms with Crippen LogP contribution >= 0.6 is 11.3 Å². The minimum Gasteiger partial charge on any atom is -0.491 e. The highest BCUT2D eigenvalue weighted by molar-refractivity contribution is 7.17. The first-order valence-corrected chi connectivity index (χ1v) is 10.2. The lowest BCUT2D eigenvalue weighted by atomic mass is 10.0. The summed E-state index contributed by atoms with van der Waals surface area (Å²) in [6.07, 6.45) is 1.77. The van der Waals surface area contributed by atoms with E-state index in [9.17, 15) is 0 Å². The van der Waals surface area contributed by atoms with E-state index in [0.29, 0.717) is 0 Å². The zero-order chi connectivity index (χ0) is 19.7. The fourth-order valence-electron chi connectivity index (χ4n) is 3.12. The van der Waals surface area contributed by atoms with E-state index < -0.39 is 0 Å². The summed E-state index contributed by atoms with van der Waals surface area (Å²) in [7, 11) is 0. The Morgan fingerprint density at radius 3 is 2.46 bits per heavy atom. The number of hydrogen-bond donors (Lipinski definition) is 1. The van der Waals surface area contributed by atoms with Gasteiger partial charge in [-0.1, -0.05) is 18.2 Å². The molecule has 0 aliphatic heterocycles. The molecule has 0 aliphatic rings. The number of hydrogen-bond acceptors (Lipinski definition) is 5. The Kier molecular flexibility index (Phi) is 5.01. The third-order valence-corrected chi connectivity index (χ3v) is 5.56. The van der Waals surface area contributed by atoms with Crippen molar-refractivity contribution >= 4 is 33.1 Å². The van der Waals surface area contributed by atoms with Crippen LogP contribution in [-0.2, 0) is 0 Å². The lowest BCUT2D eigenvalue weighted by Crippen LogP contribution is -2.05. The lowest BCUT2D eigenvalue weighted by molar-refractivity contribution is 0.242. The van der Waals surface area contributed by atoms with Crippen LogP contribution in [0, 0.1) is 13.8 Å². The van der Waals surface area contributed by atoms with Crippen molar-refractivity contribution in [3.8, 4) is 16.9 Å². The number of thiophene rings is 1. The first-order chi connectivity index (χ1) is 13.5. The largest absolute Gasteiger partial charge is 0.491 e. The van der Waals surface area contributed by atoms with E-state index >= 15 is 0 Å². The van der Waals surface area contributed by atoms with Crippen molar-refractivity contribution in [1.82, 2.24) is 9.97 Å². The molecule has 1 N–H and O–H groups in total. The smallest absolute Gasteiger partial charge is 0.143 e. The SMILES string of the molecule is Cc1ccc(-c2csc3ncnc(Nc4ccc(OC(C)C)cc4)c23)cc1C. The highest BCUT2D eigenvalue weighted by Gasteiger charge is 2.14. The molecule has 142 valence electrons. The summed E-state index contributed by atoms with van der Waals surface area (Å²) in [4.78, 5) is 9.97. The molecular formula is C23H23N3OS. The first kappa shape index (κ1) is 18.4. The van der Waals surface area contributed by atoms with Gasteiger partial charge < -0.3 is 10.1 Å². The summed E-state index contributed by atoms with van der Waals surface area (Å²) in [5.74, 6) is 1.68. The number of rotatable bonds is 5. The van der Waals surface area contributed by atoms with Crippen molar-refractivity contribution < 1.29 is 4.74 Å². The average molecular weight is 390 g/mol. The van der Waals surface area contributed by atoms with E-state index in [0.717, 1.165) is 33.0 Å². The summed E-state index contributed by atoms with van der Waals surface area (Å²) < 4.78 is 5.72. The van der Waals surface area contributed by atoms with Crippen LogP contribution in [0.4, 0.5) is 11.5 Å². The van der Waals surface area contributed by atoms with E-state index in [2.05, 4.69) is 52.7 Å². The van der Waals surface area contributed by atoms with Gasteiger partial charge in [0.25, 0.3) is 0 Å². The number of fused-ring (bicyclic) bond motifs is 1. The van der Waals surface area contributed by atoms with Crippen LogP contribution in [0.5, 0.6) is 5.75 Å². The predicted molar refractivity (Wildman–Crippen MR) is 118 cm³/mol. The van der Waals surface area contributed by atoms with E-state index in [1.807, 2.05) is 38.1 Å². The third-order valence-electron chi connectivity index (χ3n) is 4.68. The van der Waals surface area contributed by atoms with Gasteiger partial charge in [0.05, 0.1) is 11.5 Å². The Bertz CT molecular complexity index is 1120. The Balaban J connectivity index is 1.71. The van der Waals surface area contributed by atoms with Gasteiger partial charge in [-0.2, -0.15) is 0 Å². The van der Waals surface area contributed by atoms with Gasteiger partial charge >= 0.3 is 0 Å². The Labute approximate surface area is 169 Å².